The second kappa shape index (κ2) is 15.0. The molecule has 9 heteroatoms. The minimum absolute atomic E-state index is 0.0259. The van der Waals surface area contributed by atoms with E-state index in [0.29, 0.717) is 39.8 Å². The number of hydrogen-bond donors (Lipinski definition) is 2. The van der Waals surface area contributed by atoms with Crippen molar-refractivity contribution < 1.29 is 27.5 Å². The highest BCUT2D eigenvalue weighted by Crippen LogP contribution is 2.33. The summed E-state index contributed by atoms with van der Waals surface area (Å²) in [5.41, 5.74) is 4.45. The first-order valence-electron chi connectivity index (χ1n) is 16.6. The molecule has 0 unspecified atom stereocenters. The van der Waals surface area contributed by atoms with Crippen LogP contribution in [0.15, 0.2) is 155 Å². The summed E-state index contributed by atoms with van der Waals surface area (Å²) in [5, 5.41) is 5.95. The zero-order valence-corrected chi connectivity index (χ0v) is 30.0. The van der Waals surface area contributed by atoms with Gasteiger partial charge in [-0.05, 0) is 115 Å². The van der Waals surface area contributed by atoms with Crippen molar-refractivity contribution in [1.82, 2.24) is 0 Å². The highest BCUT2D eigenvalue weighted by atomic mass is 32.2. The first-order chi connectivity index (χ1) is 24.9. The van der Waals surface area contributed by atoms with Crippen LogP contribution in [0.25, 0.3) is 0 Å². The van der Waals surface area contributed by atoms with E-state index in [0.717, 1.165) is 16.8 Å². The molecule has 8 nitrogen and oxygen atoms in total. The molecule has 0 heterocycles. The van der Waals surface area contributed by atoms with Gasteiger partial charge in [0.2, 0.25) is 9.84 Å². The van der Waals surface area contributed by atoms with E-state index < -0.39 is 9.84 Å². The number of nitrogens with one attached hydrogen (secondary N) is 2. The molecule has 0 aliphatic rings. The first kappa shape index (κ1) is 35.6. The normalized spacial score (nSPS) is 11.4. The van der Waals surface area contributed by atoms with Crippen LogP contribution in [0.5, 0.6) is 23.0 Å². The van der Waals surface area contributed by atoms with Gasteiger partial charge in [-0.15, -0.1) is 0 Å². The average molecular weight is 711 g/mol. The second-order valence-electron chi connectivity index (χ2n) is 12.7. The van der Waals surface area contributed by atoms with Crippen LogP contribution in [-0.2, 0) is 15.3 Å². The molecule has 0 fully saturated rings. The Bertz CT molecular complexity index is 2320. The van der Waals surface area contributed by atoms with Gasteiger partial charge in [-0.25, -0.2) is 8.42 Å². The maximum Gasteiger partial charge on any atom is 0.255 e. The van der Waals surface area contributed by atoms with Crippen LogP contribution < -0.4 is 20.1 Å². The van der Waals surface area contributed by atoms with E-state index in [4.69, 9.17) is 9.47 Å². The summed E-state index contributed by atoms with van der Waals surface area (Å²) in [6.07, 6.45) is 0. The third-order valence-electron chi connectivity index (χ3n) is 8.84. The molecule has 0 saturated heterocycles. The maximum atomic E-state index is 13.6. The van der Waals surface area contributed by atoms with Gasteiger partial charge in [0.25, 0.3) is 5.91 Å². The fourth-order valence-electron chi connectivity index (χ4n) is 5.64. The number of carbonyl (C=O) groups is 2. The molecule has 0 aromatic heterocycles. The van der Waals surface area contributed by atoms with Crippen LogP contribution in [0.3, 0.4) is 0 Å². The molecule has 0 aliphatic heterocycles. The monoisotopic (exact) mass is 710 g/mol. The molecular formula is C43H38N2O6S. The summed E-state index contributed by atoms with van der Waals surface area (Å²) in [4.78, 5) is 24.9. The third-order valence-corrected chi connectivity index (χ3v) is 10.6. The Labute approximate surface area is 304 Å². The van der Waals surface area contributed by atoms with Gasteiger partial charge in [-0.1, -0.05) is 62.4 Å². The molecule has 0 radical (unpaired) electrons. The second-order valence-corrected chi connectivity index (χ2v) is 14.7. The Hall–Kier alpha value is -6.19. The highest BCUT2D eigenvalue weighted by Gasteiger charge is 2.24. The van der Waals surface area contributed by atoms with Gasteiger partial charge >= 0.3 is 0 Å². The van der Waals surface area contributed by atoms with Gasteiger partial charge in [0, 0.05) is 35.0 Å². The number of ketones is 1. The average Bonchev–Trinajstić information content (AvgIpc) is 3.16. The van der Waals surface area contributed by atoms with E-state index in [1.807, 2.05) is 55.6 Å². The molecule has 0 atom stereocenters. The lowest BCUT2D eigenvalue weighted by molar-refractivity contribution is 0.101. The largest absolute Gasteiger partial charge is 0.457 e. The minimum Gasteiger partial charge on any atom is -0.457 e. The molecule has 52 heavy (non-hydrogen) atoms. The topological polar surface area (TPSA) is 111 Å². The molecule has 262 valence electrons. The van der Waals surface area contributed by atoms with Gasteiger partial charge in [0.15, 0.2) is 5.78 Å². The van der Waals surface area contributed by atoms with Gasteiger partial charge in [-0.3, -0.25) is 9.59 Å². The summed E-state index contributed by atoms with van der Waals surface area (Å²) >= 11 is 0. The lowest BCUT2D eigenvalue weighted by Crippen LogP contribution is -2.19. The predicted molar refractivity (Wildman–Crippen MR) is 204 cm³/mol. The van der Waals surface area contributed by atoms with Crippen LogP contribution in [-0.4, -0.2) is 27.2 Å². The maximum absolute atomic E-state index is 13.6. The van der Waals surface area contributed by atoms with Crippen molar-refractivity contribution in [3.05, 3.63) is 168 Å². The van der Waals surface area contributed by atoms with Crippen LogP contribution in [0.2, 0.25) is 0 Å². The van der Waals surface area contributed by atoms with E-state index >= 15 is 0 Å². The number of hydrogen-bond acceptors (Lipinski definition) is 7. The standard InChI is InChI=1S/C43H38N2O6S/c1-29(46)30-11-15-32(16-12-30)43(2,3)33-17-13-31(14-18-33)42(47)45-35-21-25-37(26-22-35)51-39-8-6-10-41(28-39)52(48,49)40-9-5-7-38(27-40)50-36-23-19-34(44-4)20-24-36/h5-28,44H,1-4H3,(H,45,47). The van der Waals surface area contributed by atoms with Crippen molar-refractivity contribution in [3.8, 4) is 23.0 Å². The summed E-state index contributed by atoms with van der Waals surface area (Å²) in [6, 6.07) is 41.9. The number of anilines is 2. The van der Waals surface area contributed by atoms with Crippen LogP contribution in [0.1, 0.15) is 52.6 Å². The van der Waals surface area contributed by atoms with Crippen molar-refractivity contribution in [1.29, 1.82) is 0 Å². The van der Waals surface area contributed by atoms with Gasteiger partial charge in [-0.2, -0.15) is 0 Å². The number of rotatable bonds is 12. The summed E-state index contributed by atoms with van der Waals surface area (Å²) in [7, 11) is -2.06. The van der Waals surface area contributed by atoms with E-state index in [9.17, 15) is 18.0 Å². The van der Waals surface area contributed by atoms with Gasteiger partial charge < -0.3 is 20.1 Å². The number of carbonyl (C=O) groups excluding carboxylic acids is 2. The van der Waals surface area contributed by atoms with Crippen LogP contribution in [0, 0.1) is 0 Å². The quantitative estimate of drug-likeness (QED) is 0.122. The van der Waals surface area contributed by atoms with Crippen LogP contribution in [0.4, 0.5) is 11.4 Å². The van der Waals surface area contributed by atoms with Gasteiger partial charge in [0.1, 0.15) is 23.0 Å². The Morgan fingerprint density at radius 3 is 1.44 bits per heavy atom. The molecule has 1 amide bonds. The minimum atomic E-state index is -3.88. The fourth-order valence-corrected chi connectivity index (χ4v) is 6.97. The molecular weight excluding hydrogens is 673 g/mol. The van der Waals surface area contributed by atoms with E-state index in [2.05, 4.69) is 24.5 Å². The predicted octanol–water partition coefficient (Wildman–Crippen LogP) is 9.93. The smallest absolute Gasteiger partial charge is 0.255 e. The van der Waals surface area contributed by atoms with E-state index in [-0.39, 0.29) is 26.9 Å². The van der Waals surface area contributed by atoms with Crippen molar-refractivity contribution in [2.24, 2.45) is 0 Å². The Morgan fingerprint density at radius 1 is 0.558 bits per heavy atom. The number of Topliss-reactive ketones (excluding diaryl/α,β-unsaturated/α-hetero) is 1. The fraction of sp³-hybridized carbons (Fsp3) is 0.116. The van der Waals surface area contributed by atoms with Crippen molar-refractivity contribution in [3.63, 3.8) is 0 Å². The number of sulfone groups is 1. The molecule has 0 saturated carbocycles. The number of benzene rings is 6. The highest BCUT2D eigenvalue weighted by molar-refractivity contribution is 7.91. The molecule has 2 N–H and O–H groups in total. The van der Waals surface area contributed by atoms with Crippen molar-refractivity contribution in [2.75, 3.05) is 17.7 Å². The van der Waals surface area contributed by atoms with Gasteiger partial charge in [0.05, 0.1) is 9.79 Å². The lowest BCUT2D eigenvalue weighted by atomic mass is 9.77. The number of amides is 1. The van der Waals surface area contributed by atoms with Crippen LogP contribution >= 0.6 is 0 Å². The van der Waals surface area contributed by atoms with Crippen molar-refractivity contribution in [2.45, 2.75) is 36.0 Å². The first-order valence-corrected chi connectivity index (χ1v) is 18.1. The zero-order valence-electron chi connectivity index (χ0n) is 29.2. The zero-order chi connectivity index (χ0) is 36.9. The molecule has 6 rings (SSSR count). The molecule has 6 aromatic rings. The van der Waals surface area contributed by atoms with Crippen molar-refractivity contribution >= 4 is 32.9 Å². The number of ether oxygens (including phenoxy) is 2. The lowest BCUT2D eigenvalue weighted by Gasteiger charge is -2.26. The summed E-state index contributed by atoms with van der Waals surface area (Å²) in [5.74, 6) is 1.55. The SMILES string of the molecule is CNc1ccc(Oc2cccc(S(=O)(=O)c3cccc(Oc4ccc(NC(=O)c5ccc(C(C)(C)c6ccc(C(C)=O)cc6)cc5)cc4)c3)c2)cc1. The molecule has 0 spiro atoms. The third kappa shape index (κ3) is 8.06. The Balaban J connectivity index is 1.09. The summed E-state index contributed by atoms with van der Waals surface area (Å²) < 4.78 is 39.1. The Kier molecular flexibility index (Phi) is 10.3. The molecule has 6 aromatic carbocycles. The van der Waals surface area contributed by atoms with E-state index in [1.165, 1.54) is 24.3 Å². The molecule has 0 bridgehead atoms. The Morgan fingerprint density at radius 2 is 1.00 bits per heavy atom. The summed E-state index contributed by atoms with van der Waals surface area (Å²) in [6.45, 7) is 5.75. The molecule has 0 aliphatic carbocycles. The van der Waals surface area contributed by atoms with E-state index in [1.54, 1.807) is 79.7 Å².